The number of aryl methyl sites for hydroxylation is 2. The Hall–Kier alpha value is -3.88. The first-order valence-electron chi connectivity index (χ1n) is 9.39. The van der Waals surface area contributed by atoms with Crippen molar-refractivity contribution in [3.05, 3.63) is 53.1 Å². The van der Waals surface area contributed by atoms with Crippen LogP contribution < -0.4 is 20.2 Å². The van der Waals surface area contributed by atoms with Gasteiger partial charge in [0, 0.05) is 5.69 Å². The van der Waals surface area contributed by atoms with Gasteiger partial charge in [-0.1, -0.05) is 17.7 Å². The molecule has 9 heteroatoms. The Kier molecular flexibility index (Phi) is 8.56. The minimum Gasteiger partial charge on any atom is -0.493 e. The number of ether oxygens (including phenoxy) is 3. The Morgan fingerprint density at radius 3 is 2.45 bits per heavy atom. The van der Waals surface area contributed by atoms with Gasteiger partial charge in [-0.25, -0.2) is 10.2 Å². The zero-order chi connectivity index (χ0) is 22.8. The van der Waals surface area contributed by atoms with Crippen molar-refractivity contribution in [1.82, 2.24) is 5.43 Å². The van der Waals surface area contributed by atoms with E-state index in [1.54, 1.807) is 24.3 Å². The first-order valence-corrected chi connectivity index (χ1v) is 9.39. The summed E-state index contributed by atoms with van der Waals surface area (Å²) in [6.45, 7) is 3.59. The van der Waals surface area contributed by atoms with Crippen molar-refractivity contribution >= 4 is 29.7 Å². The molecule has 0 aromatic heterocycles. The smallest absolute Gasteiger partial charge is 0.343 e. The van der Waals surface area contributed by atoms with Gasteiger partial charge in [-0.05, 0) is 49.2 Å². The van der Waals surface area contributed by atoms with Gasteiger partial charge in [0.25, 0.3) is 0 Å². The molecule has 0 unspecified atom stereocenters. The first-order chi connectivity index (χ1) is 14.8. The van der Waals surface area contributed by atoms with Gasteiger partial charge in [0.1, 0.15) is 6.42 Å². The standard InChI is InChI=1S/C22H25N3O6/c1-14-5-7-17(15(2)9-14)24-20(26)11-21(27)25-23-12-16-6-8-18(19(10-16)29-3)31-13-22(28)30-4/h5-10,12H,11,13H2,1-4H3,(H,24,26)(H,25,27). The third-order valence-electron chi connectivity index (χ3n) is 4.14. The van der Waals surface area contributed by atoms with Gasteiger partial charge in [-0.3, -0.25) is 9.59 Å². The number of amides is 2. The fourth-order valence-corrected chi connectivity index (χ4v) is 2.59. The Bertz CT molecular complexity index is 987. The minimum absolute atomic E-state index is 0.249. The third kappa shape index (κ3) is 7.46. The van der Waals surface area contributed by atoms with Crippen LogP contribution in [0.4, 0.5) is 5.69 Å². The largest absolute Gasteiger partial charge is 0.493 e. The van der Waals surface area contributed by atoms with Gasteiger partial charge < -0.3 is 19.5 Å². The van der Waals surface area contributed by atoms with Gasteiger partial charge in [0.2, 0.25) is 11.8 Å². The summed E-state index contributed by atoms with van der Waals surface area (Å²) in [4.78, 5) is 35.2. The van der Waals surface area contributed by atoms with E-state index in [-0.39, 0.29) is 13.0 Å². The van der Waals surface area contributed by atoms with Crippen molar-refractivity contribution in [3.8, 4) is 11.5 Å². The first kappa shape index (κ1) is 23.4. The summed E-state index contributed by atoms with van der Waals surface area (Å²) in [5.41, 5.74) is 5.58. The second kappa shape index (κ2) is 11.3. The highest BCUT2D eigenvalue weighted by atomic mass is 16.6. The van der Waals surface area contributed by atoms with Crippen LogP contribution in [0.1, 0.15) is 23.1 Å². The van der Waals surface area contributed by atoms with E-state index in [0.717, 1.165) is 11.1 Å². The summed E-state index contributed by atoms with van der Waals surface area (Å²) in [6, 6.07) is 10.5. The van der Waals surface area contributed by atoms with Gasteiger partial charge in [0.15, 0.2) is 18.1 Å². The van der Waals surface area contributed by atoms with Gasteiger partial charge in [-0.2, -0.15) is 5.10 Å². The highest BCUT2D eigenvalue weighted by molar-refractivity contribution is 6.04. The maximum atomic E-state index is 12.1. The van der Waals surface area contributed by atoms with Crippen LogP contribution in [0, 0.1) is 13.8 Å². The average Bonchev–Trinajstić information content (AvgIpc) is 2.74. The quantitative estimate of drug-likeness (QED) is 0.275. The van der Waals surface area contributed by atoms with Gasteiger partial charge >= 0.3 is 5.97 Å². The van der Waals surface area contributed by atoms with Crippen molar-refractivity contribution in [3.63, 3.8) is 0 Å². The van der Waals surface area contributed by atoms with E-state index in [4.69, 9.17) is 9.47 Å². The molecule has 2 rings (SSSR count). The third-order valence-corrected chi connectivity index (χ3v) is 4.14. The zero-order valence-electron chi connectivity index (χ0n) is 17.9. The summed E-state index contributed by atoms with van der Waals surface area (Å²) in [6.07, 6.45) is 1.03. The lowest BCUT2D eigenvalue weighted by Crippen LogP contribution is -2.24. The Morgan fingerprint density at radius 1 is 1.00 bits per heavy atom. The van der Waals surface area contributed by atoms with Crippen LogP contribution in [0.2, 0.25) is 0 Å². The molecular formula is C22H25N3O6. The van der Waals surface area contributed by atoms with E-state index in [2.05, 4.69) is 20.6 Å². The van der Waals surface area contributed by atoms with E-state index in [9.17, 15) is 14.4 Å². The van der Waals surface area contributed by atoms with Gasteiger partial charge in [-0.15, -0.1) is 0 Å². The molecule has 0 aliphatic rings. The topological polar surface area (TPSA) is 115 Å². The van der Waals surface area contributed by atoms with Crippen LogP contribution in [0.15, 0.2) is 41.5 Å². The van der Waals surface area contributed by atoms with Crippen molar-refractivity contribution in [2.75, 3.05) is 26.1 Å². The summed E-state index contributed by atoms with van der Waals surface area (Å²) in [5, 5.41) is 6.56. The second-order valence-electron chi connectivity index (χ2n) is 6.61. The number of benzene rings is 2. The molecule has 31 heavy (non-hydrogen) atoms. The number of hydrogen-bond donors (Lipinski definition) is 2. The van der Waals surface area contributed by atoms with E-state index in [1.807, 2.05) is 26.0 Å². The molecule has 2 aromatic carbocycles. The summed E-state index contributed by atoms with van der Waals surface area (Å²) < 4.78 is 15.1. The van der Waals surface area contributed by atoms with Crippen molar-refractivity contribution in [2.24, 2.45) is 5.10 Å². The molecule has 2 N–H and O–H groups in total. The van der Waals surface area contributed by atoms with Crippen molar-refractivity contribution < 1.29 is 28.6 Å². The van der Waals surface area contributed by atoms with Gasteiger partial charge in [0.05, 0.1) is 20.4 Å². The lowest BCUT2D eigenvalue weighted by molar-refractivity contribution is -0.143. The molecule has 9 nitrogen and oxygen atoms in total. The van der Waals surface area contributed by atoms with E-state index < -0.39 is 17.8 Å². The normalized spacial score (nSPS) is 10.5. The average molecular weight is 427 g/mol. The van der Waals surface area contributed by atoms with E-state index >= 15 is 0 Å². The van der Waals surface area contributed by atoms with E-state index in [0.29, 0.717) is 22.7 Å². The Balaban J connectivity index is 1.88. The van der Waals surface area contributed by atoms with Crippen molar-refractivity contribution in [2.45, 2.75) is 20.3 Å². The number of nitrogens with zero attached hydrogens (tertiary/aromatic N) is 1. The van der Waals surface area contributed by atoms with Crippen LogP contribution in [-0.4, -0.2) is 44.8 Å². The number of methoxy groups -OCH3 is 2. The fraction of sp³-hybridized carbons (Fsp3) is 0.273. The second-order valence-corrected chi connectivity index (χ2v) is 6.61. The number of carbonyl (C=O) groups is 3. The number of hydrogen-bond acceptors (Lipinski definition) is 7. The zero-order valence-corrected chi connectivity index (χ0v) is 17.9. The lowest BCUT2D eigenvalue weighted by Gasteiger charge is -2.10. The highest BCUT2D eigenvalue weighted by Gasteiger charge is 2.11. The predicted octanol–water partition coefficient (Wildman–Crippen LogP) is 2.34. The number of carbonyl (C=O) groups excluding carboxylic acids is 3. The summed E-state index contributed by atoms with van der Waals surface area (Å²) in [5.74, 6) is -0.766. The summed E-state index contributed by atoms with van der Waals surface area (Å²) >= 11 is 0. The minimum atomic E-state index is -0.552. The number of rotatable bonds is 9. The molecule has 0 aliphatic heterocycles. The van der Waals surface area contributed by atoms with Crippen molar-refractivity contribution in [1.29, 1.82) is 0 Å². The number of anilines is 1. The molecule has 0 aliphatic carbocycles. The Morgan fingerprint density at radius 2 is 1.77 bits per heavy atom. The molecule has 2 amide bonds. The molecule has 2 aromatic rings. The maximum Gasteiger partial charge on any atom is 0.343 e. The van der Waals surface area contributed by atoms with Crippen LogP contribution >= 0.6 is 0 Å². The molecule has 0 atom stereocenters. The molecule has 0 spiro atoms. The van der Waals surface area contributed by atoms with Crippen LogP contribution in [0.25, 0.3) is 0 Å². The monoisotopic (exact) mass is 427 g/mol. The predicted molar refractivity (Wildman–Crippen MR) is 115 cm³/mol. The molecule has 164 valence electrons. The number of nitrogens with one attached hydrogen (secondary N) is 2. The number of hydrazone groups is 1. The fourth-order valence-electron chi connectivity index (χ4n) is 2.59. The molecule has 0 bridgehead atoms. The molecule has 0 radical (unpaired) electrons. The van der Waals surface area contributed by atoms with Crippen LogP contribution in [0.5, 0.6) is 11.5 Å². The van der Waals surface area contributed by atoms with Crippen LogP contribution in [-0.2, 0) is 19.1 Å². The maximum absolute atomic E-state index is 12.1. The summed E-state index contributed by atoms with van der Waals surface area (Å²) in [7, 11) is 2.72. The Labute approximate surface area is 180 Å². The molecule has 0 fully saturated rings. The molecular weight excluding hydrogens is 402 g/mol. The number of esters is 1. The molecule has 0 saturated carbocycles. The molecule has 0 saturated heterocycles. The highest BCUT2D eigenvalue weighted by Crippen LogP contribution is 2.27. The SMILES string of the molecule is COC(=O)COc1ccc(C=NNC(=O)CC(=O)Nc2ccc(C)cc2C)cc1OC. The molecule has 0 heterocycles. The van der Waals surface area contributed by atoms with Crippen LogP contribution in [0.3, 0.4) is 0 Å². The van der Waals surface area contributed by atoms with E-state index in [1.165, 1.54) is 20.4 Å². The lowest BCUT2D eigenvalue weighted by atomic mass is 10.1.